The second-order valence-corrected chi connectivity index (χ2v) is 5.97. The molecule has 0 bridgehead atoms. The van der Waals surface area contributed by atoms with Gasteiger partial charge in [-0.3, -0.25) is 9.59 Å². The monoisotopic (exact) mass is 360 g/mol. The van der Waals surface area contributed by atoms with Crippen LogP contribution in [0.3, 0.4) is 0 Å². The molecule has 2 aromatic rings. The van der Waals surface area contributed by atoms with Gasteiger partial charge in [-0.2, -0.15) is 0 Å². The third-order valence-electron chi connectivity index (χ3n) is 3.79. The predicted molar refractivity (Wildman–Crippen MR) is 99.5 cm³/mol. The Morgan fingerprint density at radius 1 is 1.20 bits per heavy atom. The van der Waals surface area contributed by atoms with Crippen LogP contribution in [0.4, 0.5) is 5.69 Å². The number of nitrogens with zero attached hydrogens (tertiary/aromatic N) is 1. The molecule has 2 rings (SSSR count). The molecular weight excluding hydrogens is 340 g/mol. The van der Waals surface area contributed by atoms with E-state index in [1.807, 2.05) is 19.1 Å². The molecule has 2 aromatic carbocycles. The largest absolute Gasteiger partial charge is 0.495 e. The summed E-state index contributed by atoms with van der Waals surface area (Å²) in [6.45, 7) is 3.98. The Hall–Kier alpha value is -2.53. The first-order chi connectivity index (χ1) is 11.9. The van der Waals surface area contributed by atoms with E-state index in [-0.39, 0.29) is 11.8 Å². The first-order valence-corrected chi connectivity index (χ1v) is 8.27. The zero-order chi connectivity index (χ0) is 18.4. The first-order valence-electron chi connectivity index (χ1n) is 7.89. The highest BCUT2D eigenvalue weighted by Gasteiger charge is 2.18. The van der Waals surface area contributed by atoms with Crippen molar-refractivity contribution in [3.63, 3.8) is 0 Å². The number of carbonyl (C=O) groups is 2. The van der Waals surface area contributed by atoms with Crippen LogP contribution in [0.2, 0.25) is 5.02 Å². The van der Waals surface area contributed by atoms with Crippen molar-refractivity contribution in [2.24, 2.45) is 0 Å². The van der Waals surface area contributed by atoms with Crippen molar-refractivity contribution in [2.45, 2.75) is 13.8 Å². The van der Waals surface area contributed by atoms with Gasteiger partial charge < -0.3 is 15.0 Å². The van der Waals surface area contributed by atoms with Crippen molar-refractivity contribution < 1.29 is 14.3 Å². The molecule has 0 heterocycles. The van der Waals surface area contributed by atoms with Gasteiger partial charge in [0.1, 0.15) is 5.75 Å². The van der Waals surface area contributed by atoms with Crippen LogP contribution < -0.4 is 15.0 Å². The minimum Gasteiger partial charge on any atom is -0.495 e. The third kappa shape index (κ3) is 4.73. The molecule has 1 N–H and O–H groups in total. The van der Waals surface area contributed by atoms with E-state index in [1.165, 1.54) is 14.0 Å². The van der Waals surface area contributed by atoms with E-state index in [0.717, 1.165) is 5.56 Å². The van der Waals surface area contributed by atoms with Crippen molar-refractivity contribution in [1.82, 2.24) is 5.32 Å². The van der Waals surface area contributed by atoms with Gasteiger partial charge in [0.25, 0.3) is 5.91 Å². The maximum absolute atomic E-state index is 12.1. The van der Waals surface area contributed by atoms with Crippen LogP contribution in [0.25, 0.3) is 0 Å². The van der Waals surface area contributed by atoms with E-state index in [9.17, 15) is 9.59 Å². The number of amides is 2. The molecule has 0 atom stereocenters. The summed E-state index contributed by atoms with van der Waals surface area (Å²) in [5.74, 6) is 0.192. The number of halogens is 1. The molecule has 2 amide bonds. The van der Waals surface area contributed by atoms with Gasteiger partial charge in [-0.15, -0.1) is 0 Å². The first kappa shape index (κ1) is 18.8. The zero-order valence-corrected chi connectivity index (χ0v) is 15.3. The minimum atomic E-state index is -0.177. The fourth-order valence-electron chi connectivity index (χ4n) is 2.44. The summed E-state index contributed by atoms with van der Waals surface area (Å²) in [4.78, 5) is 25.7. The molecule has 0 aliphatic heterocycles. The highest BCUT2D eigenvalue weighted by atomic mass is 35.5. The third-order valence-corrected chi connectivity index (χ3v) is 4.20. The van der Waals surface area contributed by atoms with Crippen molar-refractivity contribution in [3.05, 3.63) is 58.6 Å². The number of anilines is 1. The second kappa shape index (κ2) is 8.53. The van der Waals surface area contributed by atoms with E-state index in [2.05, 4.69) is 5.32 Å². The molecule has 0 aliphatic rings. The Morgan fingerprint density at radius 2 is 1.88 bits per heavy atom. The second-order valence-electron chi connectivity index (χ2n) is 5.57. The highest BCUT2D eigenvalue weighted by molar-refractivity contribution is 6.31. The smallest absolute Gasteiger partial charge is 0.251 e. The highest BCUT2D eigenvalue weighted by Crippen LogP contribution is 2.33. The Kier molecular flexibility index (Phi) is 6.42. The number of hydrogen-bond acceptors (Lipinski definition) is 3. The molecule has 0 aromatic heterocycles. The molecule has 0 saturated heterocycles. The Balaban J connectivity index is 2.11. The number of nitrogens with one attached hydrogen (secondary N) is 1. The Morgan fingerprint density at radius 3 is 2.48 bits per heavy atom. The van der Waals surface area contributed by atoms with Crippen LogP contribution in [0, 0.1) is 6.92 Å². The summed E-state index contributed by atoms with van der Waals surface area (Å²) < 4.78 is 5.34. The molecule has 0 unspecified atom stereocenters. The predicted octanol–water partition coefficient (Wildman–Crippen LogP) is 3.44. The summed E-state index contributed by atoms with van der Waals surface area (Å²) in [6, 6.07) is 12.4. The van der Waals surface area contributed by atoms with E-state index < -0.39 is 0 Å². The number of benzene rings is 2. The van der Waals surface area contributed by atoms with Gasteiger partial charge in [0.05, 0.1) is 12.8 Å². The average Bonchev–Trinajstić information content (AvgIpc) is 2.61. The molecule has 0 radical (unpaired) electrons. The molecule has 5 nitrogen and oxygen atoms in total. The fraction of sp³-hybridized carbons (Fsp3) is 0.263. The lowest BCUT2D eigenvalue weighted by Gasteiger charge is -2.24. The average molecular weight is 361 g/mol. The van der Waals surface area contributed by atoms with Gasteiger partial charge in [0, 0.05) is 36.7 Å². The van der Waals surface area contributed by atoms with E-state index in [1.54, 1.807) is 35.2 Å². The van der Waals surface area contributed by atoms with Crippen LogP contribution >= 0.6 is 11.6 Å². The van der Waals surface area contributed by atoms with Crippen LogP contribution in [-0.4, -0.2) is 32.0 Å². The van der Waals surface area contributed by atoms with Crippen LogP contribution in [0.1, 0.15) is 22.8 Å². The number of aryl methyl sites for hydroxylation is 1. The topological polar surface area (TPSA) is 58.6 Å². The summed E-state index contributed by atoms with van der Waals surface area (Å²) in [6.07, 6.45) is 0. The SMILES string of the molecule is COc1cc(Cl)c(C)cc1N(CCNC(=O)c1ccccc1)C(C)=O. The van der Waals surface area contributed by atoms with Gasteiger partial charge in [0.2, 0.25) is 5.91 Å². The Bertz CT molecular complexity index is 763. The maximum Gasteiger partial charge on any atom is 0.251 e. The van der Waals surface area contributed by atoms with Crippen LogP contribution in [0.5, 0.6) is 5.75 Å². The van der Waals surface area contributed by atoms with Crippen molar-refractivity contribution in [1.29, 1.82) is 0 Å². The van der Waals surface area contributed by atoms with Crippen LogP contribution in [0.15, 0.2) is 42.5 Å². The van der Waals surface area contributed by atoms with Crippen molar-refractivity contribution in [3.8, 4) is 5.75 Å². The van der Waals surface area contributed by atoms with Gasteiger partial charge in [-0.25, -0.2) is 0 Å². The number of rotatable bonds is 6. The molecule has 0 spiro atoms. The normalized spacial score (nSPS) is 10.2. The molecule has 0 fully saturated rings. The van der Waals surface area contributed by atoms with Gasteiger partial charge in [-0.1, -0.05) is 29.8 Å². The quantitative estimate of drug-likeness (QED) is 0.858. The lowest BCUT2D eigenvalue weighted by atomic mass is 10.1. The number of methoxy groups -OCH3 is 1. The summed E-state index contributed by atoms with van der Waals surface area (Å²) in [5, 5.41) is 3.39. The molecule has 6 heteroatoms. The number of ether oxygens (including phenoxy) is 1. The van der Waals surface area contributed by atoms with Gasteiger partial charge >= 0.3 is 0 Å². The minimum absolute atomic E-state index is 0.144. The van der Waals surface area contributed by atoms with Crippen molar-refractivity contribution >= 4 is 29.1 Å². The number of carbonyl (C=O) groups excluding carboxylic acids is 2. The Labute approximate surface area is 152 Å². The van der Waals surface area contributed by atoms with E-state index >= 15 is 0 Å². The van der Waals surface area contributed by atoms with Gasteiger partial charge in [-0.05, 0) is 30.7 Å². The van der Waals surface area contributed by atoms with Crippen molar-refractivity contribution in [2.75, 3.05) is 25.1 Å². The standard InChI is InChI=1S/C19H21ClN2O3/c1-13-11-17(18(25-3)12-16(13)20)22(14(2)23)10-9-21-19(24)15-7-5-4-6-8-15/h4-8,11-12H,9-10H2,1-3H3,(H,21,24). The zero-order valence-electron chi connectivity index (χ0n) is 14.5. The van der Waals surface area contributed by atoms with Crippen LogP contribution in [-0.2, 0) is 4.79 Å². The molecule has 25 heavy (non-hydrogen) atoms. The van der Waals surface area contributed by atoms with E-state index in [4.69, 9.17) is 16.3 Å². The molecular formula is C19H21ClN2O3. The van der Waals surface area contributed by atoms with E-state index in [0.29, 0.717) is 35.1 Å². The molecule has 132 valence electrons. The lowest BCUT2D eigenvalue weighted by Crippen LogP contribution is -2.37. The summed E-state index contributed by atoms with van der Waals surface area (Å²) >= 11 is 6.12. The molecule has 0 aliphatic carbocycles. The fourth-order valence-corrected chi connectivity index (χ4v) is 2.60. The maximum atomic E-state index is 12.1. The molecule has 0 saturated carbocycles. The summed E-state index contributed by atoms with van der Waals surface area (Å²) in [5.41, 5.74) is 2.06. The summed E-state index contributed by atoms with van der Waals surface area (Å²) in [7, 11) is 1.53. The van der Waals surface area contributed by atoms with Gasteiger partial charge in [0.15, 0.2) is 0 Å². The number of hydrogen-bond donors (Lipinski definition) is 1. The lowest BCUT2D eigenvalue weighted by molar-refractivity contribution is -0.116.